The molecule has 0 saturated heterocycles. The molecule has 153 valence electrons. The molecule has 0 unspecified atom stereocenters. The van der Waals surface area contributed by atoms with E-state index in [-0.39, 0.29) is 24.2 Å². The highest BCUT2D eigenvalue weighted by Gasteiger charge is 2.21. The fourth-order valence-electron chi connectivity index (χ4n) is 2.07. The van der Waals surface area contributed by atoms with Crippen LogP contribution < -0.4 is 21.3 Å². The van der Waals surface area contributed by atoms with Crippen LogP contribution in [0.15, 0.2) is 30.3 Å². The predicted octanol–water partition coefficient (Wildman–Crippen LogP) is 0.177. The van der Waals surface area contributed by atoms with Crippen molar-refractivity contribution in [1.29, 1.82) is 0 Å². The summed E-state index contributed by atoms with van der Waals surface area (Å²) in [6.45, 7) is 1.30. The van der Waals surface area contributed by atoms with Crippen molar-refractivity contribution >= 4 is 48.0 Å². The highest BCUT2D eigenvalue weighted by Crippen LogP contribution is 2.09. The molecule has 0 spiro atoms. The number of hydrogen-bond acceptors (Lipinski definition) is 7. The highest BCUT2D eigenvalue weighted by atomic mass is 32.2. The minimum absolute atomic E-state index is 0.228. The van der Waals surface area contributed by atoms with E-state index in [0.29, 0.717) is 17.7 Å². The molecule has 0 heterocycles. The van der Waals surface area contributed by atoms with E-state index in [1.54, 1.807) is 38.2 Å². The molecule has 0 aliphatic heterocycles. The summed E-state index contributed by atoms with van der Waals surface area (Å²) in [6.07, 6.45) is 0.448. The van der Waals surface area contributed by atoms with Gasteiger partial charge in [0.25, 0.3) is 17.7 Å². The smallest absolute Gasteiger partial charge is 0.268 e. The lowest BCUT2D eigenvalue weighted by atomic mass is 10.2. The van der Waals surface area contributed by atoms with Gasteiger partial charge in [0.05, 0.1) is 23.7 Å². The van der Waals surface area contributed by atoms with Gasteiger partial charge in [0.1, 0.15) is 0 Å². The number of nitrogens with one attached hydrogen (secondary N) is 3. The first-order chi connectivity index (χ1) is 13.4. The van der Waals surface area contributed by atoms with E-state index in [1.807, 2.05) is 6.07 Å². The SMILES string of the molecule is CN[C@@H](CCS)C(=O)[N]C(=O)CNC(=O)[C@H](C)SCNC(=O)c1ccccc1. The molecule has 1 aromatic rings. The Morgan fingerprint density at radius 2 is 1.82 bits per heavy atom. The molecular weight excluding hydrogens is 400 g/mol. The van der Waals surface area contributed by atoms with Crippen LogP contribution >= 0.6 is 24.4 Å². The molecule has 0 aliphatic rings. The Kier molecular flexibility index (Phi) is 11.3. The maximum Gasteiger partial charge on any atom is 0.268 e. The van der Waals surface area contributed by atoms with Gasteiger partial charge in [-0.2, -0.15) is 17.9 Å². The first kappa shape index (κ1) is 24.0. The average Bonchev–Trinajstić information content (AvgIpc) is 2.70. The van der Waals surface area contributed by atoms with E-state index in [1.165, 1.54) is 11.8 Å². The Morgan fingerprint density at radius 3 is 2.43 bits per heavy atom. The number of benzene rings is 1. The van der Waals surface area contributed by atoms with Crippen LogP contribution in [-0.2, 0) is 14.4 Å². The number of carbonyl (C=O) groups excluding carboxylic acids is 4. The van der Waals surface area contributed by atoms with Crippen molar-refractivity contribution < 1.29 is 19.2 Å². The zero-order valence-corrected chi connectivity index (χ0v) is 17.5. The van der Waals surface area contributed by atoms with Crippen LogP contribution in [0.3, 0.4) is 0 Å². The van der Waals surface area contributed by atoms with Gasteiger partial charge >= 0.3 is 0 Å². The van der Waals surface area contributed by atoms with E-state index >= 15 is 0 Å². The van der Waals surface area contributed by atoms with Crippen molar-refractivity contribution in [3.63, 3.8) is 0 Å². The van der Waals surface area contributed by atoms with Crippen LogP contribution in [0.1, 0.15) is 23.7 Å². The molecule has 0 fully saturated rings. The molecule has 4 amide bonds. The Labute approximate surface area is 174 Å². The third kappa shape index (κ3) is 8.77. The van der Waals surface area contributed by atoms with Crippen molar-refractivity contribution in [3.8, 4) is 0 Å². The summed E-state index contributed by atoms with van der Waals surface area (Å²) in [7, 11) is 1.60. The molecule has 28 heavy (non-hydrogen) atoms. The van der Waals surface area contributed by atoms with Crippen molar-refractivity contribution in [2.45, 2.75) is 24.6 Å². The summed E-state index contributed by atoms with van der Waals surface area (Å²) in [6, 6.07) is 8.17. The van der Waals surface area contributed by atoms with Crippen LogP contribution in [0.25, 0.3) is 0 Å². The number of thioether (sulfide) groups is 1. The van der Waals surface area contributed by atoms with Gasteiger partial charge in [0.15, 0.2) is 0 Å². The molecule has 1 aromatic carbocycles. The van der Waals surface area contributed by atoms with Gasteiger partial charge in [0, 0.05) is 5.56 Å². The van der Waals surface area contributed by atoms with Gasteiger partial charge in [-0.3, -0.25) is 19.2 Å². The Morgan fingerprint density at radius 1 is 1.14 bits per heavy atom. The number of carbonyl (C=O) groups is 4. The second-order valence-electron chi connectivity index (χ2n) is 5.74. The van der Waals surface area contributed by atoms with Crippen molar-refractivity contribution in [2.24, 2.45) is 0 Å². The standard InChI is InChI=1S/C18H25N4O4S2/c1-12(28-11-21-17(25)13-6-4-3-5-7-13)16(24)20-10-15(23)22-18(26)14(19-2)8-9-27/h3-7,12,14,19,27H,8-11H2,1-2H3,(H,20,24)(H,21,25)/t12-,14-/m0/s1. The maximum absolute atomic E-state index is 12.0. The predicted molar refractivity (Wildman–Crippen MR) is 112 cm³/mol. The molecule has 0 aliphatic carbocycles. The first-order valence-corrected chi connectivity index (χ1v) is 10.4. The number of nitrogens with zero attached hydrogens (tertiary/aromatic N) is 1. The molecule has 2 atom stereocenters. The Bertz CT molecular complexity index is 673. The fourth-order valence-corrected chi connectivity index (χ4v) is 3.02. The number of rotatable bonds is 11. The van der Waals surface area contributed by atoms with Crippen molar-refractivity contribution in [2.75, 3.05) is 25.2 Å². The number of likely N-dealkylation sites (N-methyl/N-ethyl adjacent to an activating group) is 1. The van der Waals surface area contributed by atoms with Crippen molar-refractivity contribution in [1.82, 2.24) is 21.3 Å². The average molecular weight is 426 g/mol. The Balaban J connectivity index is 2.29. The molecule has 0 bridgehead atoms. The molecular formula is C18H25N4O4S2. The summed E-state index contributed by atoms with van der Waals surface area (Å²) >= 11 is 5.26. The zero-order valence-electron chi connectivity index (χ0n) is 15.8. The number of imide groups is 1. The van der Waals surface area contributed by atoms with Crippen LogP contribution in [0, 0.1) is 0 Å². The summed E-state index contributed by atoms with van der Waals surface area (Å²) in [5, 5.41) is 10.9. The lowest BCUT2D eigenvalue weighted by Gasteiger charge is -2.14. The van der Waals surface area contributed by atoms with Crippen LogP contribution in [0.5, 0.6) is 0 Å². The monoisotopic (exact) mass is 425 g/mol. The lowest BCUT2D eigenvalue weighted by molar-refractivity contribution is -0.133. The Hall–Kier alpha value is -2.04. The van der Waals surface area contributed by atoms with Gasteiger partial charge in [-0.05, 0) is 38.3 Å². The van der Waals surface area contributed by atoms with E-state index in [4.69, 9.17) is 0 Å². The molecule has 10 heteroatoms. The largest absolute Gasteiger partial charge is 0.346 e. The van der Waals surface area contributed by atoms with Crippen LogP contribution in [-0.4, -0.2) is 60.1 Å². The molecule has 3 N–H and O–H groups in total. The van der Waals surface area contributed by atoms with E-state index in [9.17, 15) is 19.2 Å². The van der Waals surface area contributed by atoms with Gasteiger partial charge in [0.2, 0.25) is 5.91 Å². The van der Waals surface area contributed by atoms with Gasteiger partial charge in [-0.15, -0.1) is 11.8 Å². The fraction of sp³-hybridized carbons (Fsp3) is 0.444. The van der Waals surface area contributed by atoms with Gasteiger partial charge in [-0.1, -0.05) is 18.2 Å². The molecule has 0 saturated carbocycles. The summed E-state index contributed by atoms with van der Waals surface area (Å²) in [5.74, 6) is -1.18. The molecule has 0 aromatic heterocycles. The summed E-state index contributed by atoms with van der Waals surface area (Å²) < 4.78 is 0. The molecule has 8 nitrogen and oxygen atoms in total. The second-order valence-corrected chi connectivity index (χ2v) is 7.52. The molecule has 1 radical (unpaired) electrons. The summed E-state index contributed by atoms with van der Waals surface area (Å²) in [4.78, 5) is 47.5. The zero-order chi connectivity index (χ0) is 20.9. The van der Waals surface area contributed by atoms with E-state index < -0.39 is 23.1 Å². The highest BCUT2D eigenvalue weighted by molar-refractivity contribution is 8.00. The minimum atomic E-state index is -0.715. The first-order valence-electron chi connectivity index (χ1n) is 8.68. The minimum Gasteiger partial charge on any atom is -0.346 e. The normalized spacial score (nSPS) is 12.5. The molecule has 1 rings (SSSR count). The van der Waals surface area contributed by atoms with Crippen LogP contribution in [0.2, 0.25) is 0 Å². The van der Waals surface area contributed by atoms with Gasteiger partial charge < -0.3 is 16.0 Å². The third-order valence-electron chi connectivity index (χ3n) is 3.68. The second kappa shape index (κ2) is 13.2. The quantitative estimate of drug-likeness (QED) is 0.297. The van der Waals surface area contributed by atoms with Crippen LogP contribution in [0.4, 0.5) is 0 Å². The topological polar surface area (TPSA) is 118 Å². The van der Waals surface area contributed by atoms with Gasteiger partial charge in [-0.25, -0.2) is 0 Å². The van der Waals surface area contributed by atoms with E-state index in [0.717, 1.165) is 0 Å². The summed E-state index contributed by atoms with van der Waals surface area (Å²) in [5.41, 5.74) is 0.537. The lowest BCUT2D eigenvalue weighted by Crippen LogP contribution is -2.45. The number of thiol groups is 1. The maximum atomic E-state index is 12.0. The van der Waals surface area contributed by atoms with E-state index in [2.05, 4.69) is 33.9 Å². The third-order valence-corrected chi connectivity index (χ3v) is 4.97. The van der Waals surface area contributed by atoms with Crippen molar-refractivity contribution in [3.05, 3.63) is 35.9 Å². The number of amides is 4. The number of hydrogen-bond donors (Lipinski definition) is 4.